The van der Waals surface area contributed by atoms with E-state index in [1.165, 1.54) is 10.3 Å². The number of hydrogen-bond acceptors (Lipinski definition) is 4. The van der Waals surface area contributed by atoms with E-state index in [1.807, 2.05) is 0 Å². The molecule has 8 heteroatoms. The molecule has 4 nitrogen and oxygen atoms in total. The molecule has 1 aromatic rings. The molecular weight excluding hydrogens is 329 g/mol. The molecule has 0 spiro atoms. The van der Waals surface area contributed by atoms with Gasteiger partial charge >= 0.3 is 6.18 Å². The molecule has 1 aliphatic rings. The highest BCUT2D eigenvalue weighted by Gasteiger charge is 2.58. The largest absolute Gasteiger partial charge is 0.424 e. The highest BCUT2D eigenvalue weighted by Crippen LogP contribution is 2.43. The number of likely N-dealkylation sites (tertiary alicyclic amines) is 1. The van der Waals surface area contributed by atoms with Crippen LogP contribution in [0, 0.1) is 6.92 Å². The molecule has 0 aromatic carbocycles. The molecule has 0 radical (unpaired) electrons. The normalized spacial score (nSPS) is 19.8. The predicted molar refractivity (Wildman–Crippen MR) is 81.1 cm³/mol. The lowest BCUT2D eigenvalue weighted by atomic mass is 9.98. The Morgan fingerprint density at radius 3 is 2.30 bits per heavy atom. The molecule has 1 atom stereocenters. The van der Waals surface area contributed by atoms with Crippen molar-refractivity contribution in [1.29, 1.82) is 0 Å². The van der Waals surface area contributed by atoms with Crippen molar-refractivity contribution in [3.05, 3.63) is 16.1 Å². The summed E-state index contributed by atoms with van der Waals surface area (Å²) in [4.78, 5) is 17.5. The van der Waals surface area contributed by atoms with Crippen LogP contribution in [0.1, 0.15) is 49.2 Å². The number of alkyl halides is 3. The highest BCUT2D eigenvalue weighted by molar-refractivity contribution is 7.09. The number of hydrogen-bond donors (Lipinski definition) is 1. The first-order chi connectivity index (χ1) is 10.7. The minimum absolute atomic E-state index is 0.395. The maximum atomic E-state index is 13.4. The van der Waals surface area contributed by atoms with Crippen molar-refractivity contribution in [3.8, 4) is 0 Å². The summed E-state index contributed by atoms with van der Waals surface area (Å²) in [6, 6.07) is 0. The van der Waals surface area contributed by atoms with Crippen LogP contribution in [-0.4, -0.2) is 40.2 Å². The maximum absolute atomic E-state index is 13.4. The van der Waals surface area contributed by atoms with Crippen molar-refractivity contribution in [2.45, 2.75) is 57.2 Å². The van der Waals surface area contributed by atoms with Crippen LogP contribution in [0.3, 0.4) is 0 Å². The van der Waals surface area contributed by atoms with Gasteiger partial charge in [0.05, 0.1) is 6.42 Å². The monoisotopic (exact) mass is 350 g/mol. The Bertz CT molecular complexity index is 539. The Balaban J connectivity index is 2.18. The minimum Gasteiger partial charge on any atom is -0.374 e. The summed E-state index contributed by atoms with van der Waals surface area (Å²) < 4.78 is 40.3. The van der Waals surface area contributed by atoms with E-state index in [2.05, 4.69) is 4.98 Å². The summed E-state index contributed by atoms with van der Waals surface area (Å²) in [7, 11) is 0. The first kappa shape index (κ1) is 18.2. The minimum atomic E-state index is -4.95. The second kappa shape index (κ2) is 7.17. The molecule has 0 saturated carbocycles. The molecule has 23 heavy (non-hydrogen) atoms. The Morgan fingerprint density at radius 1 is 1.26 bits per heavy atom. The highest BCUT2D eigenvalue weighted by atomic mass is 32.1. The fourth-order valence-corrected chi connectivity index (χ4v) is 3.58. The van der Waals surface area contributed by atoms with E-state index < -0.39 is 29.1 Å². The average molecular weight is 350 g/mol. The number of aliphatic hydroxyl groups is 1. The molecule has 1 aliphatic heterocycles. The lowest BCUT2D eigenvalue weighted by Crippen LogP contribution is -2.47. The van der Waals surface area contributed by atoms with Gasteiger partial charge in [0.2, 0.25) is 11.5 Å². The summed E-state index contributed by atoms with van der Waals surface area (Å²) in [5.74, 6) is -0.667. The zero-order chi connectivity index (χ0) is 17.1. The van der Waals surface area contributed by atoms with Crippen molar-refractivity contribution in [2.75, 3.05) is 13.1 Å². The van der Waals surface area contributed by atoms with Gasteiger partial charge in [-0.1, -0.05) is 19.3 Å². The van der Waals surface area contributed by atoms with Gasteiger partial charge in [-0.15, -0.1) is 11.3 Å². The third-order valence-electron chi connectivity index (χ3n) is 4.06. The molecule has 1 saturated heterocycles. The maximum Gasteiger partial charge on any atom is 0.424 e. The number of halogens is 3. The zero-order valence-electron chi connectivity index (χ0n) is 13.0. The summed E-state index contributed by atoms with van der Waals surface area (Å²) in [6.45, 7) is 2.45. The number of rotatable bonds is 3. The first-order valence-electron chi connectivity index (χ1n) is 7.73. The number of carbonyl (C=O) groups is 1. The van der Waals surface area contributed by atoms with Gasteiger partial charge in [0.15, 0.2) is 0 Å². The van der Waals surface area contributed by atoms with Gasteiger partial charge in [-0.3, -0.25) is 4.79 Å². The first-order valence-corrected chi connectivity index (χ1v) is 8.61. The van der Waals surface area contributed by atoms with Gasteiger partial charge in [-0.2, -0.15) is 13.2 Å². The third kappa shape index (κ3) is 4.23. The molecule has 130 valence electrons. The van der Waals surface area contributed by atoms with Crippen LogP contribution >= 0.6 is 11.3 Å². The Kier molecular flexibility index (Phi) is 5.67. The number of thiazole rings is 1. The van der Waals surface area contributed by atoms with Crippen LogP contribution in [-0.2, 0) is 10.4 Å². The lowest BCUT2D eigenvalue weighted by Gasteiger charge is -2.31. The van der Waals surface area contributed by atoms with Gasteiger partial charge in [-0.25, -0.2) is 4.98 Å². The van der Waals surface area contributed by atoms with Crippen LogP contribution in [0.2, 0.25) is 0 Å². The van der Waals surface area contributed by atoms with E-state index in [1.54, 1.807) is 6.92 Å². The molecule has 0 unspecified atom stereocenters. The second-order valence-corrected chi connectivity index (χ2v) is 6.84. The Morgan fingerprint density at radius 2 is 1.83 bits per heavy atom. The molecule has 1 amide bonds. The quantitative estimate of drug-likeness (QED) is 0.909. The number of aromatic nitrogens is 1. The molecule has 2 rings (SSSR count). The van der Waals surface area contributed by atoms with E-state index in [0.717, 1.165) is 43.4 Å². The molecule has 1 N–H and O–H groups in total. The fraction of sp³-hybridized carbons (Fsp3) is 0.733. The smallest absolute Gasteiger partial charge is 0.374 e. The van der Waals surface area contributed by atoms with Crippen LogP contribution in [0.15, 0.2) is 5.38 Å². The van der Waals surface area contributed by atoms with Gasteiger partial charge in [0, 0.05) is 24.2 Å². The third-order valence-corrected chi connectivity index (χ3v) is 5.17. The summed E-state index contributed by atoms with van der Waals surface area (Å²) in [6.07, 6.45) is -1.36. The van der Waals surface area contributed by atoms with Gasteiger partial charge in [0.1, 0.15) is 5.01 Å². The van der Waals surface area contributed by atoms with Crippen molar-refractivity contribution in [1.82, 2.24) is 9.88 Å². The van der Waals surface area contributed by atoms with Crippen molar-refractivity contribution < 1.29 is 23.1 Å². The van der Waals surface area contributed by atoms with Crippen molar-refractivity contribution >= 4 is 17.2 Å². The SMILES string of the molecule is Cc1csc([C@@](O)(CC(=O)N2CCCCCCC2)C(F)(F)F)n1. The molecule has 0 bridgehead atoms. The number of nitrogens with zero attached hydrogens (tertiary/aromatic N) is 2. The van der Waals surface area contributed by atoms with E-state index in [0.29, 0.717) is 18.8 Å². The predicted octanol–water partition coefficient (Wildman–Crippen LogP) is 3.38. The fourth-order valence-electron chi connectivity index (χ4n) is 2.67. The summed E-state index contributed by atoms with van der Waals surface area (Å²) in [5.41, 5.74) is -2.82. The van der Waals surface area contributed by atoms with Crippen molar-refractivity contribution in [2.24, 2.45) is 0 Å². The molecular formula is C15H21F3N2O2S. The number of amides is 1. The standard InChI is InChI=1S/C15H21F3N2O2S/c1-11-10-23-13(19-11)14(22,15(16,17)18)9-12(21)20-7-5-3-2-4-6-8-20/h10,22H,2-9H2,1H3/t14-/m0/s1. The molecule has 0 aliphatic carbocycles. The van der Waals surface area contributed by atoms with Crippen LogP contribution in [0.25, 0.3) is 0 Å². The molecule has 1 aromatic heterocycles. The van der Waals surface area contributed by atoms with Crippen molar-refractivity contribution in [3.63, 3.8) is 0 Å². The zero-order valence-corrected chi connectivity index (χ0v) is 13.8. The van der Waals surface area contributed by atoms with Crippen LogP contribution < -0.4 is 0 Å². The van der Waals surface area contributed by atoms with Crippen LogP contribution in [0.5, 0.6) is 0 Å². The van der Waals surface area contributed by atoms with Gasteiger partial charge < -0.3 is 10.0 Å². The van der Waals surface area contributed by atoms with E-state index in [9.17, 15) is 23.1 Å². The van der Waals surface area contributed by atoms with E-state index in [4.69, 9.17) is 0 Å². The number of carbonyl (C=O) groups excluding carboxylic acids is 1. The number of aryl methyl sites for hydroxylation is 1. The van der Waals surface area contributed by atoms with Gasteiger partial charge in [0.25, 0.3) is 0 Å². The lowest BCUT2D eigenvalue weighted by molar-refractivity contribution is -0.268. The summed E-state index contributed by atoms with van der Waals surface area (Å²) >= 11 is 0.728. The Hall–Kier alpha value is -1.15. The van der Waals surface area contributed by atoms with Crippen LogP contribution in [0.4, 0.5) is 13.2 Å². The van der Waals surface area contributed by atoms with E-state index >= 15 is 0 Å². The molecule has 1 fully saturated rings. The van der Waals surface area contributed by atoms with Gasteiger partial charge in [-0.05, 0) is 19.8 Å². The average Bonchev–Trinajstić information content (AvgIpc) is 2.83. The Labute approximate surface area is 137 Å². The summed E-state index contributed by atoms with van der Waals surface area (Å²) in [5, 5.41) is 11.2. The van der Waals surface area contributed by atoms with E-state index in [-0.39, 0.29) is 0 Å². The second-order valence-electron chi connectivity index (χ2n) is 5.98. The molecule has 2 heterocycles. The topological polar surface area (TPSA) is 53.4 Å².